The molecule has 1 atom stereocenters. The number of nitrogens with one attached hydrogen (secondary N) is 1. The van der Waals surface area contributed by atoms with E-state index in [4.69, 9.17) is 0 Å². The molecule has 1 aliphatic heterocycles. The molecule has 1 saturated heterocycles. The van der Waals surface area contributed by atoms with Crippen LogP contribution in [0.15, 0.2) is 35.2 Å². The SMILES string of the molecule is Cc1[nH]nc(C(=O)N2CC[C@H](CSc3ccccc3)C2)c1[N+](=O)[O-]. The Bertz CT molecular complexity index is 747. The van der Waals surface area contributed by atoms with E-state index in [9.17, 15) is 14.9 Å². The Morgan fingerprint density at radius 3 is 2.92 bits per heavy atom. The molecule has 0 bridgehead atoms. The minimum Gasteiger partial charge on any atom is -0.337 e. The summed E-state index contributed by atoms with van der Waals surface area (Å²) >= 11 is 1.77. The first-order valence-electron chi connectivity index (χ1n) is 7.72. The van der Waals surface area contributed by atoms with Crippen molar-refractivity contribution >= 4 is 23.4 Å². The quantitative estimate of drug-likeness (QED) is 0.510. The summed E-state index contributed by atoms with van der Waals surface area (Å²) in [6.07, 6.45) is 0.906. The normalized spacial score (nSPS) is 17.2. The first-order chi connectivity index (χ1) is 11.6. The van der Waals surface area contributed by atoms with Gasteiger partial charge in [-0.05, 0) is 31.4 Å². The van der Waals surface area contributed by atoms with Crippen molar-refractivity contribution in [1.82, 2.24) is 15.1 Å². The van der Waals surface area contributed by atoms with E-state index in [1.54, 1.807) is 23.6 Å². The molecule has 1 amide bonds. The fraction of sp³-hybridized carbons (Fsp3) is 0.375. The largest absolute Gasteiger partial charge is 0.337 e. The Kier molecular flexibility index (Phi) is 4.84. The average molecular weight is 346 g/mol. The lowest BCUT2D eigenvalue weighted by Crippen LogP contribution is -2.29. The predicted molar refractivity (Wildman–Crippen MR) is 91.2 cm³/mol. The Morgan fingerprint density at radius 2 is 2.21 bits per heavy atom. The number of nitrogens with zero attached hydrogens (tertiary/aromatic N) is 3. The number of aryl methyl sites for hydroxylation is 1. The molecule has 1 aromatic carbocycles. The maximum atomic E-state index is 12.5. The fourth-order valence-corrected chi connectivity index (χ4v) is 3.88. The molecular formula is C16H18N4O3S. The Balaban J connectivity index is 1.61. The lowest BCUT2D eigenvalue weighted by molar-refractivity contribution is -0.385. The minimum atomic E-state index is -0.551. The number of H-pyrrole nitrogens is 1. The highest BCUT2D eigenvalue weighted by Gasteiger charge is 2.34. The average Bonchev–Trinajstić information content (AvgIpc) is 3.20. The molecule has 1 fully saturated rings. The highest BCUT2D eigenvalue weighted by atomic mass is 32.2. The smallest absolute Gasteiger partial charge is 0.322 e. The van der Waals surface area contributed by atoms with Gasteiger partial charge in [0.05, 0.1) is 4.92 Å². The summed E-state index contributed by atoms with van der Waals surface area (Å²) in [6, 6.07) is 10.1. The van der Waals surface area contributed by atoms with Crippen LogP contribution in [0.5, 0.6) is 0 Å². The number of carbonyl (C=O) groups excluding carboxylic acids is 1. The van der Waals surface area contributed by atoms with E-state index in [0.717, 1.165) is 12.2 Å². The lowest BCUT2D eigenvalue weighted by Gasteiger charge is -2.15. The number of nitro groups is 1. The van der Waals surface area contributed by atoms with Crippen molar-refractivity contribution in [1.29, 1.82) is 0 Å². The van der Waals surface area contributed by atoms with Gasteiger partial charge in [-0.1, -0.05) is 18.2 Å². The van der Waals surface area contributed by atoms with Crippen molar-refractivity contribution in [2.45, 2.75) is 18.2 Å². The number of carbonyl (C=O) groups is 1. The molecule has 0 unspecified atom stereocenters. The van der Waals surface area contributed by atoms with Gasteiger partial charge in [0.1, 0.15) is 5.69 Å². The van der Waals surface area contributed by atoms with Gasteiger partial charge >= 0.3 is 5.69 Å². The van der Waals surface area contributed by atoms with Crippen LogP contribution in [0.4, 0.5) is 5.69 Å². The molecule has 2 aromatic rings. The van der Waals surface area contributed by atoms with Gasteiger partial charge in [0.15, 0.2) is 0 Å². The zero-order chi connectivity index (χ0) is 17.1. The number of thioether (sulfide) groups is 1. The standard InChI is InChI=1S/C16H18N4O3S/c1-11-15(20(22)23)14(18-17-11)16(21)19-8-7-12(9-19)10-24-13-5-3-2-4-6-13/h2-6,12H,7-10H2,1H3,(H,17,18)/t12-/m0/s1. The minimum absolute atomic E-state index is 0.0890. The molecule has 3 rings (SSSR count). The van der Waals surface area contributed by atoms with Gasteiger partial charge in [0.25, 0.3) is 5.91 Å². The van der Waals surface area contributed by atoms with Crippen molar-refractivity contribution in [3.8, 4) is 0 Å². The third-order valence-corrected chi connectivity index (χ3v) is 5.35. The number of aromatic nitrogens is 2. The van der Waals surface area contributed by atoms with Gasteiger partial charge in [-0.2, -0.15) is 5.10 Å². The van der Waals surface area contributed by atoms with Gasteiger partial charge in [0.2, 0.25) is 5.69 Å². The maximum Gasteiger partial charge on any atom is 0.322 e. The molecule has 0 spiro atoms. The van der Waals surface area contributed by atoms with Crippen LogP contribution in [0.3, 0.4) is 0 Å². The number of rotatable bonds is 5. The molecule has 0 aliphatic carbocycles. The molecule has 1 aliphatic rings. The first-order valence-corrected chi connectivity index (χ1v) is 8.71. The summed E-state index contributed by atoms with van der Waals surface area (Å²) in [7, 11) is 0. The van der Waals surface area contributed by atoms with Crippen molar-refractivity contribution < 1.29 is 9.72 Å². The summed E-state index contributed by atoms with van der Waals surface area (Å²) < 4.78 is 0. The Morgan fingerprint density at radius 1 is 1.46 bits per heavy atom. The van der Waals surface area contributed by atoms with Crippen LogP contribution in [-0.2, 0) is 0 Å². The Labute approximate surface area is 143 Å². The van der Waals surface area contributed by atoms with E-state index in [-0.39, 0.29) is 17.3 Å². The maximum absolute atomic E-state index is 12.5. The molecule has 8 heteroatoms. The van der Waals surface area contributed by atoms with E-state index >= 15 is 0 Å². The molecule has 1 aromatic heterocycles. The van der Waals surface area contributed by atoms with Crippen molar-refractivity contribution in [3.63, 3.8) is 0 Å². The molecule has 126 valence electrons. The monoisotopic (exact) mass is 346 g/mol. The summed E-state index contributed by atoms with van der Waals surface area (Å²) in [4.78, 5) is 26.0. The van der Waals surface area contributed by atoms with Crippen LogP contribution < -0.4 is 0 Å². The van der Waals surface area contributed by atoms with Crippen LogP contribution >= 0.6 is 11.8 Å². The summed E-state index contributed by atoms with van der Waals surface area (Å²) in [5.41, 5.74) is -0.00490. The van der Waals surface area contributed by atoms with E-state index in [2.05, 4.69) is 22.3 Å². The van der Waals surface area contributed by atoms with Gasteiger partial charge in [-0.25, -0.2) is 0 Å². The second kappa shape index (κ2) is 7.04. The van der Waals surface area contributed by atoms with Gasteiger partial charge in [0, 0.05) is 23.7 Å². The van der Waals surface area contributed by atoms with Crippen molar-refractivity contribution in [2.24, 2.45) is 5.92 Å². The zero-order valence-electron chi connectivity index (χ0n) is 13.3. The van der Waals surface area contributed by atoms with Crippen LogP contribution in [0, 0.1) is 23.0 Å². The van der Waals surface area contributed by atoms with Crippen LogP contribution in [0.1, 0.15) is 22.6 Å². The lowest BCUT2D eigenvalue weighted by atomic mass is 10.2. The topological polar surface area (TPSA) is 92.1 Å². The molecule has 2 heterocycles. The highest BCUT2D eigenvalue weighted by molar-refractivity contribution is 7.99. The third kappa shape index (κ3) is 3.43. The highest BCUT2D eigenvalue weighted by Crippen LogP contribution is 2.28. The third-order valence-electron chi connectivity index (χ3n) is 4.10. The molecule has 7 nitrogen and oxygen atoms in total. The number of hydrogen-bond acceptors (Lipinski definition) is 5. The number of amides is 1. The number of benzene rings is 1. The van der Waals surface area contributed by atoms with E-state index in [0.29, 0.717) is 24.7 Å². The van der Waals surface area contributed by atoms with Gasteiger partial charge in [-0.15, -0.1) is 11.8 Å². The Hall–Kier alpha value is -2.35. The molecule has 0 saturated carbocycles. The van der Waals surface area contributed by atoms with Crippen molar-refractivity contribution in [3.05, 3.63) is 51.8 Å². The zero-order valence-corrected chi connectivity index (χ0v) is 14.1. The van der Waals surface area contributed by atoms with E-state index < -0.39 is 4.92 Å². The van der Waals surface area contributed by atoms with Gasteiger partial charge in [-0.3, -0.25) is 20.0 Å². The summed E-state index contributed by atoms with van der Waals surface area (Å²) in [5, 5.41) is 17.5. The molecule has 0 radical (unpaired) electrons. The number of likely N-dealkylation sites (tertiary alicyclic amines) is 1. The predicted octanol–water partition coefficient (Wildman–Crippen LogP) is 2.88. The summed E-state index contributed by atoms with van der Waals surface area (Å²) in [5.74, 6) is 0.951. The van der Waals surface area contributed by atoms with E-state index in [1.807, 2.05) is 18.2 Å². The van der Waals surface area contributed by atoms with Crippen LogP contribution in [-0.4, -0.2) is 44.8 Å². The number of aromatic amines is 1. The molecule has 24 heavy (non-hydrogen) atoms. The summed E-state index contributed by atoms with van der Waals surface area (Å²) in [6.45, 7) is 2.77. The molecule has 1 N–H and O–H groups in total. The number of hydrogen-bond donors (Lipinski definition) is 1. The van der Waals surface area contributed by atoms with Crippen LogP contribution in [0.2, 0.25) is 0 Å². The first kappa shape index (κ1) is 16.5. The second-order valence-corrected chi connectivity index (χ2v) is 6.93. The van der Waals surface area contributed by atoms with Crippen molar-refractivity contribution in [2.75, 3.05) is 18.8 Å². The van der Waals surface area contributed by atoms with E-state index in [1.165, 1.54) is 4.90 Å². The molecular weight excluding hydrogens is 328 g/mol. The van der Waals surface area contributed by atoms with Crippen LogP contribution in [0.25, 0.3) is 0 Å². The van der Waals surface area contributed by atoms with Gasteiger partial charge < -0.3 is 4.90 Å². The second-order valence-electron chi connectivity index (χ2n) is 5.83. The fourth-order valence-electron chi connectivity index (χ4n) is 2.83.